The van der Waals surface area contributed by atoms with Crippen molar-refractivity contribution in [3.05, 3.63) is 29.8 Å². The quantitative estimate of drug-likeness (QED) is 0.840. The molecule has 0 radical (unpaired) electrons. The Morgan fingerprint density at radius 1 is 1.26 bits per heavy atom. The van der Waals surface area contributed by atoms with Gasteiger partial charge in [0.15, 0.2) is 6.10 Å². The maximum absolute atomic E-state index is 12.0. The Labute approximate surface area is 111 Å². The van der Waals surface area contributed by atoms with Crippen molar-refractivity contribution in [2.75, 3.05) is 13.1 Å². The van der Waals surface area contributed by atoms with E-state index in [4.69, 9.17) is 4.74 Å². The zero-order chi connectivity index (χ0) is 13.8. The second kappa shape index (κ2) is 5.73. The summed E-state index contributed by atoms with van der Waals surface area (Å²) >= 11 is 0. The van der Waals surface area contributed by atoms with Crippen LogP contribution in [-0.4, -0.2) is 41.1 Å². The van der Waals surface area contributed by atoms with Crippen LogP contribution in [0.4, 0.5) is 0 Å². The van der Waals surface area contributed by atoms with E-state index in [0.717, 1.165) is 25.9 Å². The molecule has 0 spiro atoms. The zero-order valence-electron chi connectivity index (χ0n) is 10.8. The molecule has 5 heteroatoms. The van der Waals surface area contributed by atoms with E-state index in [1.807, 2.05) is 0 Å². The number of nitrogens with zero attached hydrogens (tertiary/aromatic N) is 1. The van der Waals surface area contributed by atoms with E-state index < -0.39 is 12.1 Å². The van der Waals surface area contributed by atoms with Gasteiger partial charge in [-0.15, -0.1) is 0 Å². The molecule has 1 aromatic rings. The smallest absolute Gasteiger partial charge is 0.342 e. The standard InChI is InChI=1S/C14H17NO4/c1-10(13(17)15-8-4-5-9-15)19-14(18)11-6-2-3-7-12(11)16/h2-3,6-7,10,16H,4-5,8-9H2,1H3/t10-/m0/s1. The van der Waals surface area contributed by atoms with Gasteiger partial charge in [0.2, 0.25) is 0 Å². The highest BCUT2D eigenvalue weighted by molar-refractivity contribution is 5.94. The number of para-hydroxylation sites is 1. The molecule has 0 aliphatic carbocycles. The summed E-state index contributed by atoms with van der Waals surface area (Å²) < 4.78 is 5.10. The molecule has 102 valence electrons. The third kappa shape index (κ3) is 3.05. The lowest BCUT2D eigenvalue weighted by Crippen LogP contribution is -2.38. The number of ether oxygens (including phenoxy) is 1. The Morgan fingerprint density at radius 2 is 1.89 bits per heavy atom. The van der Waals surface area contributed by atoms with Gasteiger partial charge < -0.3 is 14.7 Å². The highest BCUT2D eigenvalue weighted by Gasteiger charge is 2.26. The lowest BCUT2D eigenvalue weighted by Gasteiger charge is -2.20. The molecule has 1 heterocycles. The first-order chi connectivity index (χ1) is 9.09. The number of benzene rings is 1. The van der Waals surface area contributed by atoms with Crippen LogP contribution in [-0.2, 0) is 9.53 Å². The van der Waals surface area contributed by atoms with Gasteiger partial charge >= 0.3 is 5.97 Å². The Morgan fingerprint density at radius 3 is 2.53 bits per heavy atom. The van der Waals surface area contributed by atoms with Crippen molar-refractivity contribution in [3.8, 4) is 5.75 Å². The first-order valence-electron chi connectivity index (χ1n) is 6.37. The van der Waals surface area contributed by atoms with Gasteiger partial charge in [0, 0.05) is 13.1 Å². The van der Waals surface area contributed by atoms with E-state index in [-0.39, 0.29) is 17.2 Å². The predicted octanol–water partition coefficient (Wildman–Crippen LogP) is 1.56. The topological polar surface area (TPSA) is 66.8 Å². The van der Waals surface area contributed by atoms with Crippen molar-refractivity contribution in [3.63, 3.8) is 0 Å². The van der Waals surface area contributed by atoms with Crippen molar-refractivity contribution in [2.24, 2.45) is 0 Å². The summed E-state index contributed by atoms with van der Waals surface area (Å²) in [6, 6.07) is 6.11. The second-order valence-corrected chi connectivity index (χ2v) is 4.60. The fourth-order valence-electron chi connectivity index (χ4n) is 2.12. The van der Waals surface area contributed by atoms with E-state index in [1.165, 1.54) is 12.1 Å². The minimum Gasteiger partial charge on any atom is -0.507 e. The molecule has 0 unspecified atom stereocenters. The number of aromatic hydroxyl groups is 1. The van der Waals surface area contributed by atoms with Crippen LogP contribution >= 0.6 is 0 Å². The van der Waals surface area contributed by atoms with Gasteiger partial charge in [0.25, 0.3) is 5.91 Å². The van der Waals surface area contributed by atoms with Gasteiger partial charge in [-0.05, 0) is 31.9 Å². The van der Waals surface area contributed by atoms with E-state index in [9.17, 15) is 14.7 Å². The molecule has 5 nitrogen and oxygen atoms in total. The maximum atomic E-state index is 12.0. The third-order valence-electron chi connectivity index (χ3n) is 3.17. The average molecular weight is 263 g/mol. The van der Waals surface area contributed by atoms with Crippen LogP contribution in [0.1, 0.15) is 30.1 Å². The summed E-state index contributed by atoms with van der Waals surface area (Å²) in [5.41, 5.74) is 0.0728. The van der Waals surface area contributed by atoms with E-state index in [1.54, 1.807) is 24.0 Å². The van der Waals surface area contributed by atoms with Crippen LogP contribution < -0.4 is 0 Å². The minimum atomic E-state index is -0.829. The molecule has 1 aliphatic rings. The molecule has 2 rings (SSSR count). The fourth-order valence-corrected chi connectivity index (χ4v) is 2.12. The van der Waals surface area contributed by atoms with Crippen LogP contribution in [0.5, 0.6) is 5.75 Å². The lowest BCUT2D eigenvalue weighted by atomic mass is 10.2. The van der Waals surface area contributed by atoms with Crippen molar-refractivity contribution >= 4 is 11.9 Å². The number of amides is 1. The SMILES string of the molecule is C[C@H](OC(=O)c1ccccc1O)C(=O)N1CCCC1. The Balaban J connectivity index is 1.98. The first kappa shape index (κ1) is 13.4. The van der Waals surface area contributed by atoms with Crippen LogP contribution in [0.3, 0.4) is 0 Å². The third-order valence-corrected chi connectivity index (χ3v) is 3.17. The largest absolute Gasteiger partial charge is 0.507 e. The van der Waals surface area contributed by atoms with Crippen LogP contribution in [0.25, 0.3) is 0 Å². The molecule has 0 aromatic heterocycles. The Bertz CT molecular complexity index is 480. The lowest BCUT2D eigenvalue weighted by molar-refractivity contribution is -0.138. The molecule has 1 saturated heterocycles. The number of likely N-dealkylation sites (tertiary alicyclic amines) is 1. The molecular formula is C14H17NO4. The zero-order valence-corrected chi connectivity index (χ0v) is 10.8. The number of esters is 1. The summed E-state index contributed by atoms with van der Waals surface area (Å²) in [5.74, 6) is -1.01. The van der Waals surface area contributed by atoms with Crippen molar-refractivity contribution < 1.29 is 19.4 Å². The van der Waals surface area contributed by atoms with Crippen LogP contribution in [0.15, 0.2) is 24.3 Å². The summed E-state index contributed by atoms with van der Waals surface area (Å²) in [6.45, 7) is 2.99. The number of hydrogen-bond acceptors (Lipinski definition) is 4. The van der Waals surface area contributed by atoms with Crippen LogP contribution in [0, 0.1) is 0 Å². The number of phenolic OH excluding ortho intramolecular Hbond substituents is 1. The molecule has 1 aliphatic heterocycles. The maximum Gasteiger partial charge on any atom is 0.342 e. The average Bonchev–Trinajstić information content (AvgIpc) is 2.92. The summed E-state index contributed by atoms with van der Waals surface area (Å²) in [5, 5.41) is 9.55. The van der Waals surface area contributed by atoms with Crippen molar-refractivity contribution in [1.29, 1.82) is 0 Å². The van der Waals surface area contributed by atoms with E-state index >= 15 is 0 Å². The predicted molar refractivity (Wildman–Crippen MR) is 68.8 cm³/mol. The van der Waals surface area contributed by atoms with Gasteiger partial charge in [-0.2, -0.15) is 0 Å². The second-order valence-electron chi connectivity index (χ2n) is 4.60. The Kier molecular flexibility index (Phi) is 4.04. The number of phenols is 1. The highest BCUT2D eigenvalue weighted by atomic mass is 16.5. The van der Waals surface area contributed by atoms with Crippen molar-refractivity contribution in [2.45, 2.75) is 25.9 Å². The molecule has 1 N–H and O–H groups in total. The Hall–Kier alpha value is -2.04. The molecule has 1 fully saturated rings. The van der Waals surface area contributed by atoms with Gasteiger partial charge in [-0.25, -0.2) is 4.79 Å². The molecule has 1 aromatic carbocycles. The minimum absolute atomic E-state index is 0.0728. The summed E-state index contributed by atoms with van der Waals surface area (Å²) in [7, 11) is 0. The highest BCUT2D eigenvalue weighted by Crippen LogP contribution is 2.18. The molecule has 1 atom stereocenters. The monoisotopic (exact) mass is 263 g/mol. The number of carbonyl (C=O) groups is 2. The summed E-state index contributed by atoms with van der Waals surface area (Å²) in [4.78, 5) is 25.5. The van der Waals surface area contributed by atoms with E-state index in [2.05, 4.69) is 0 Å². The van der Waals surface area contributed by atoms with Crippen molar-refractivity contribution in [1.82, 2.24) is 4.90 Å². The van der Waals surface area contributed by atoms with Gasteiger partial charge in [0.05, 0.1) is 0 Å². The molecule has 0 bridgehead atoms. The molecular weight excluding hydrogens is 246 g/mol. The molecule has 19 heavy (non-hydrogen) atoms. The fraction of sp³-hybridized carbons (Fsp3) is 0.429. The van der Waals surface area contributed by atoms with Gasteiger partial charge in [-0.1, -0.05) is 12.1 Å². The first-order valence-corrected chi connectivity index (χ1v) is 6.37. The summed E-state index contributed by atoms with van der Waals surface area (Å²) in [6.07, 6.45) is 1.16. The number of carbonyl (C=O) groups excluding carboxylic acids is 2. The van der Waals surface area contributed by atoms with Gasteiger partial charge in [0.1, 0.15) is 11.3 Å². The van der Waals surface area contributed by atoms with Gasteiger partial charge in [-0.3, -0.25) is 4.79 Å². The number of hydrogen-bond donors (Lipinski definition) is 1. The number of rotatable bonds is 3. The molecule has 0 saturated carbocycles. The molecule has 1 amide bonds. The normalized spacial score (nSPS) is 16.2. The van der Waals surface area contributed by atoms with Crippen LogP contribution in [0.2, 0.25) is 0 Å². The van der Waals surface area contributed by atoms with E-state index in [0.29, 0.717) is 0 Å².